The van der Waals surface area contributed by atoms with E-state index in [9.17, 15) is 4.79 Å². The number of thioether (sulfide) groups is 1. The molecule has 1 heterocycles. The molecule has 0 bridgehead atoms. The molecule has 0 atom stereocenters. The molecule has 17 heavy (non-hydrogen) atoms. The minimum absolute atomic E-state index is 0.00488. The Labute approximate surface area is 104 Å². The van der Waals surface area contributed by atoms with Gasteiger partial charge in [0.05, 0.1) is 5.75 Å². The van der Waals surface area contributed by atoms with Gasteiger partial charge in [0, 0.05) is 26.7 Å². The van der Waals surface area contributed by atoms with Crippen molar-refractivity contribution in [2.45, 2.75) is 24.9 Å². The Kier molecular flexibility index (Phi) is 5.99. The van der Waals surface area contributed by atoms with Crippen LogP contribution in [0.15, 0.2) is 5.16 Å². The van der Waals surface area contributed by atoms with Gasteiger partial charge in [-0.15, -0.1) is 0 Å². The molecule has 6 nitrogen and oxygen atoms in total. The van der Waals surface area contributed by atoms with Crippen LogP contribution in [0.5, 0.6) is 0 Å². The van der Waals surface area contributed by atoms with Crippen LogP contribution >= 0.6 is 11.8 Å². The van der Waals surface area contributed by atoms with Gasteiger partial charge in [0.1, 0.15) is 0 Å². The Morgan fingerprint density at radius 3 is 3.00 bits per heavy atom. The van der Waals surface area contributed by atoms with Crippen molar-refractivity contribution in [1.82, 2.24) is 14.8 Å². The van der Waals surface area contributed by atoms with Crippen molar-refractivity contribution in [2.75, 3.05) is 19.0 Å². The molecule has 0 aliphatic carbocycles. The van der Waals surface area contributed by atoms with Crippen LogP contribution in [0.2, 0.25) is 0 Å². The average molecular weight is 259 g/mol. The molecule has 0 radical (unpaired) electrons. The van der Waals surface area contributed by atoms with Crippen LogP contribution in [-0.2, 0) is 23.0 Å². The molecule has 96 valence electrons. The molecule has 0 saturated carbocycles. The first-order valence-electron chi connectivity index (χ1n) is 5.45. The van der Waals surface area contributed by atoms with Crippen LogP contribution in [0.3, 0.4) is 0 Å². The number of nitrogens with zero attached hydrogens (tertiary/aromatic N) is 3. The third-order valence-electron chi connectivity index (χ3n) is 1.98. The molecule has 0 unspecified atom stereocenters. The van der Waals surface area contributed by atoms with Crippen LogP contribution in [0, 0.1) is 0 Å². The summed E-state index contributed by atoms with van der Waals surface area (Å²) in [5.74, 6) is -0.110. The predicted octanol–water partition coefficient (Wildman–Crippen LogP) is 0.961. The lowest BCUT2D eigenvalue weighted by Crippen LogP contribution is -2.00. The second-order valence-electron chi connectivity index (χ2n) is 3.42. The fourth-order valence-electron chi connectivity index (χ4n) is 1.26. The van der Waals surface area contributed by atoms with Crippen LogP contribution in [0.25, 0.3) is 0 Å². The third kappa shape index (κ3) is 5.18. The smallest absolute Gasteiger partial charge is 0.313 e. The molecule has 7 heteroatoms. The van der Waals surface area contributed by atoms with Crippen molar-refractivity contribution in [2.24, 2.45) is 7.05 Å². The van der Waals surface area contributed by atoms with Crippen molar-refractivity contribution in [1.29, 1.82) is 0 Å². The summed E-state index contributed by atoms with van der Waals surface area (Å²) in [6.07, 6.45) is 1.63. The van der Waals surface area contributed by atoms with Gasteiger partial charge in [-0.3, -0.25) is 4.79 Å². The van der Waals surface area contributed by atoms with Gasteiger partial charge in [0.15, 0.2) is 11.0 Å². The van der Waals surface area contributed by atoms with Crippen LogP contribution in [-0.4, -0.2) is 44.8 Å². The van der Waals surface area contributed by atoms with E-state index in [-0.39, 0.29) is 5.75 Å². The van der Waals surface area contributed by atoms with Gasteiger partial charge in [-0.25, -0.2) is 9.67 Å². The summed E-state index contributed by atoms with van der Waals surface area (Å²) in [7, 11) is 1.77. The largest absolute Gasteiger partial charge is 0.481 e. The van der Waals surface area contributed by atoms with E-state index in [2.05, 4.69) is 10.1 Å². The van der Waals surface area contributed by atoms with Gasteiger partial charge in [0.2, 0.25) is 0 Å². The first-order valence-corrected chi connectivity index (χ1v) is 6.44. The zero-order valence-corrected chi connectivity index (χ0v) is 10.9. The lowest BCUT2D eigenvalue weighted by molar-refractivity contribution is -0.133. The average Bonchev–Trinajstić information content (AvgIpc) is 2.63. The zero-order valence-electron chi connectivity index (χ0n) is 10.0. The summed E-state index contributed by atoms with van der Waals surface area (Å²) < 4.78 is 6.84. The Balaban J connectivity index is 2.41. The quantitative estimate of drug-likeness (QED) is 0.553. The van der Waals surface area contributed by atoms with E-state index in [4.69, 9.17) is 9.84 Å². The summed E-state index contributed by atoms with van der Waals surface area (Å²) in [6.45, 7) is 3.38. The Hall–Kier alpha value is -1.08. The first-order chi connectivity index (χ1) is 8.13. The maximum absolute atomic E-state index is 10.4. The van der Waals surface area contributed by atoms with Crippen molar-refractivity contribution >= 4 is 17.7 Å². The highest BCUT2D eigenvalue weighted by Crippen LogP contribution is 2.14. The van der Waals surface area contributed by atoms with Crippen molar-refractivity contribution < 1.29 is 14.6 Å². The number of hydrogen-bond acceptors (Lipinski definition) is 5. The van der Waals surface area contributed by atoms with Crippen LogP contribution in [0.4, 0.5) is 0 Å². The van der Waals surface area contributed by atoms with Gasteiger partial charge in [-0.2, -0.15) is 5.10 Å². The summed E-state index contributed by atoms with van der Waals surface area (Å²) in [5, 5.41) is 13.4. The van der Waals surface area contributed by atoms with E-state index in [1.807, 2.05) is 6.92 Å². The number of aliphatic carboxylic acids is 1. The lowest BCUT2D eigenvalue weighted by atomic mass is 10.3. The number of ether oxygens (including phenoxy) is 1. The second-order valence-corrected chi connectivity index (χ2v) is 4.36. The summed E-state index contributed by atoms with van der Waals surface area (Å²) in [5.41, 5.74) is 0. The number of carboxylic acids is 1. The molecule has 0 spiro atoms. The maximum atomic E-state index is 10.4. The highest BCUT2D eigenvalue weighted by molar-refractivity contribution is 7.99. The van der Waals surface area contributed by atoms with Gasteiger partial charge >= 0.3 is 5.97 Å². The fourth-order valence-corrected chi connectivity index (χ4v) is 1.91. The molecule has 1 aromatic rings. The third-order valence-corrected chi connectivity index (χ3v) is 2.99. The SMILES string of the molecule is CCOCCCc1nc(SCC(=O)O)n(C)n1. The van der Waals surface area contributed by atoms with E-state index in [0.29, 0.717) is 11.8 Å². The molecular formula is C10H17N3O3S. The topological polar surface area (TPSA) is 77.2 Å². The molecule has 0 amide bonds. The molecule has 0 fully saturated rings. The Bertz CT molecular complexity index is 368. The van der Waals surface area contributed by atoms with E-state index in [1.165, 1.54) is 11.8 Å². The van der Waals surface area contributed by atoms with E-state index in [1.54, 1.807) is 11.7 Å². The highest BCUT2D eigenvalue weighted by atomic mass is 32.2. The molecule has 1 aromatic heterocycles. The van der Waals surface area contributed by atoms with Gasteiger partial charge in [0.25, 0.3) is 0 Å². The predicted molar refractivity (Wildman–Crippen MR) is 64.2 cm³/mol. The van der Waals surface area contributed by atoms with E-state index < -0.39 is 5.97 Å². The first kappa shape index (κ1) is 14.0. The Morgan fingerprint density at radius 1 is 1.59 bits per heavy atom. The molecule has 0 saturated heterocycles. The standard InChI is InChI=1S/C10H17N3O3S/c1-3-16-6-4-5-8-11-10(13(2)12-8)17-7-9(14)15/h3-7H2,1-2H3,(H,14,15). The summed E-state index contributed by atoms with van der Waals surface area (Å²) in [6, 6.07) is 0. The number of aromatic nitrogens is 3. The number of carbonyl (C=O) groups is 1. The van der Waals surface area contributed by atoms with Crippen molar-refractivity contribution in [3.05, 3.63) is 5.82 Å². The van der Waals surface area contributed by atoms with Crippen molar-refractivity contribution in [3.8, 4) is 0 Å². The van der Waals surface area contributed by atoms with Crippen LogP contribution < -0.4 is 0 Å². The van der Waals surface area contributed by atoms with E-state index in [0.717, 1.165) is 25.3 Å². The molecular weight excluding hydrogens is 242 g/mol. The molecule has 0 aliphatic heterocycles. The molecule has 1 rings (SSSR count). The molecule has 1 N–H and O–H groups in total. The monoisotopic (exact) mass is 259 g/mol. The van der Waals surface area contributed by atoms with Gasteiger partial charge in [-0.05, 0) is 13.3 Å². The minimum Gasteiger partial charge on any atom is -0.481 e. The van der Waals surface area contributed by atoms with Gasteiger partial charge < -0.3 is 9.84 Å². The number of hydrogen-bond donors (Lipinski definition) is 1. The minimum atomic E-state index is -0.851. The number of carboxylic acid groups (broad SMARTS) is 1. The van der Waals surface area contributed by atoms with Crippen molar-refractivity contribution in [3.63, 3.8) is 0 Å². The Morgan fingerprint density at radius 2 is 2.35 bits per heavy atom. The van der Waals surface area contributed by atoms with Gasteiger partial charge in [-0.1, -0.05) is 11.8 Å². The number of aryl methyl sites for hydroxylation is 2. The van der Waals surface area contributed by atoms with E-state index >= 15 is 0 Å². The summed E-state index contributed by atoms with van der Waals surface area (Å²) >= 11 is 1.18. The molecule has 0 aliphatic rings. The fraction of sp³-hybridized carbons (Fsp3) is 0.700. The summed E-state index contributed by atoms with van der Waals surface area (Å²) in [4.78, 5) is 14.7. The normalized spacial score (nSPS) is 10.7. The zero-order chi connectivity index (χ0) is 12.7. The maximum Gasteiger partial charge on any atom is 0.313 e. The lowest BCUT2D eigenvalue weighted by Gasteiger charge is -1.97. The number of rotatable bonds is 8. The highest BCUT2D eigenvalue weighted by Gasteiger charge is 2.09. The van der Waals surface area contributed by atoms with Crippen LogP contribution in [0.1, 0.15) is 19.2 Å². The second kappa shape index (κ2) is 7.29. The molecule has 0 aromatic carbocycles.